The Bertz CT molecular complexity index is 514. The van der Waals surface area contributed by atoms with Crippen molar-refractivity contribution >= 4 is 15.7 Å². The van der Waals surface area contributed by atoms with Crippen LogP contribution in [0.2, 0.25) is 0 Å². The third-order valence-electron chi connectivity index (χ3n) is 2.27. The molecule has 0 bridgehead atoms. The van der Waals surface area contributed by atoms with E-state index in [-0.39, 0.29) is 18.2 Å². The summed E-state index contributed by atoms with van der Waals surface area (Å²) in [4.78, 5) is 15.7. The van der Waals surface area contributed by atoms with Gasteiger partial charge in [-0.2, -0.15) is 0 Å². The Kier molecular flexibility index (Phi) is 5.24. The predicted octanol–water partition coefficient (Wildman–Crippen LogP) is -0.295. The molecule has 0 saturated heterocycles. The number of amides is 1. The summed E-state index contributed by atoms with van der Waals surface area (Å²) in [5.41, 5.74) is 6.54. The summed E-state index contributed by atoms with van der Waals surface area (Å²) in [6.07, 6.45) is 3.10. The Morgan fingerprint density at radius 2 is 2.22 bits per heavy atom. The van der Waals surface area contributed by atoms with Crippen LogP contribution >= 0.6 is 0 Å². The maximum atomic E-state index is 11.7. The number of carbonyl (C=O) groups excluding carboxylic acids is 1. The highest BCUT2D eigenvalue weighted by Crippen LogP contribution is 2.01. The molecule has 0 aliphatic carbocycles. The summed E-state index contributed by atoms with van der Waals surface area (Å²) in [5, 5.41) is 2.65. The molecule has 100 valence electrons. The number of sulfone groups is 1. The minimum atomic E-state index is -2.98. The summed E-state index contributed by atoms with van der Waals surface area (Å²) in [7, 11) is -2.98. The fourth-order valence-corrected chi connectivity index (χ4v) is 2.04. The lowest BCUT2D eigenvalue weighted by Crippen LogP contribution is -2.26. The average Bonchev–Trinajstić information content (AvgIpc) is 2.33. The SMILES string of the molecule is CS(=O)(=O)CCCNC(=O)c1ccnc(CN)c1. The molecule has 1 rings (SSSR count). The van der Waals surface area contributed by atoms with E-state index in [0.717, 1.165) is 0 Å². The minimum absolute atomic E-state index is 0.0671. The first-order valence-corrected chi connectivity index (χ1v) is 7.59. The highest BCUT2D eigenvalue weighted by molar-refractivity contribution is 7.90. The van der Waals surface area contributed by atoms with E-state index in [1.807, 2.05) is 0 Å². The number of hydrogen-bond acceptors (Lipinski definition) is 5. The number of aromatic nitrogens is 1. The molecule has 0 radical (unpaired) electrons. The number of nitrogens with one attached hydrogen (secondary N) is 1. The van der Waals surface area contributed by atoms with E-state index in [1.165, 1.54) is 12.5 Å². The van der Waals surface area contributed by atoms with Crippen LogP contribution in [0.5, 0.6) is 0 Å². The predicted molar refractivity (Wildman–Crippen MR) is 68.8 cm³/mol. The lowest BCUT2D eigenvalue weighted by molar-refractivity contribution is 0.0953. The molecule has 0 saturated carbocycles. The van der Waals surface area contributed by atoms with Gasteiger partial charge in [0, 0.05) is 31.1 Å². The number of carbonyl (C=O) groups is 1. The number of hydrogen-bond donors (Lipinski definition) is 2. The van der Waals surface area contributed by atoms with Crippen LogP contribution in [0.15, 0.2) is 18.3 Å². The Hall–Kier alpha value is -1.47. The molecule has 6 nitrogen and oxygen atoms in total. The molecule has 18 heavy (non-hydrogen) atoms. The van der Waals surface area contributed by atoms with Crippen molar-refractivity contribution in [3.8, 4) is 0 Å². The molecule has 0 aliphatic heterocycles. The van der Waals surface area contributed by atoms with Gasteiger partial charge in [-0.15, -0.1) is 0 Å². The smallest absolute Gasteiger partial charge is 0.251 e. The molecule has 0 aliphatic rings. The number of rotatable bonds is 6. The van der Waals surface area contributed by atoms with Crippen molar-refractivity contribution in [1.82, 2.24) is 10.3 Å². The molecule has 0 fully saturated rings. The third-order valence-corrected chi connectivity index (χ3v) is 3.30. The van der Waals surface area contributed by atoms with Gasteiger partial charge in [0.1, 0.15) is 9.84 Å². The molecule has 0 atom stereocenters. The molecular weight excluding hydrogens is 254 g/mol. The molecule has 1 amide bonds. The fraction of sp³-hybridized carbons (Fsp3) is 0.455. The van der Waals surface area contributed by atoms with E-state index < -0.39 is 9.84 Å². The lowest BCUT2D eigenvalue weighted by atomic mass is 10.2. The van der Waals surface area contributed by atoms with Crippen molar-refractivity contribution < 1.29 is 13.2 Å². The van der Waals surface area contributed by atoms with Gasteiger partial charge in [0.15, 0.2) is 0 Å². The standard InChI is InChI=1S/C11H17N3O3S/c1-18(16,17)6-2-4-14-11(15)9-3-5-13-10(7-9)8-12/h3,5,7H,2,4,6,8,12H2,1H3,(H,14,15). The maximum absolute atomic E-state index is 11.7. The topological polar surface area (TPSA) is 102 Å². The first-order chi connectivity index (χ1) is 8.42. The third kappa shape index (κ3) is 5.24. The van der Waals surface area contributed by atoms with Crippen molar-refractivity contribution in [3.05, 3.63) is 29.6 Å². The highest BCUT2D eigenvalue weighted by atomic mass is 32.2. The molecule has 0 aromatic carbocycles. The highest BCUT2D eigenvalue weighted by Gasteiger charge is 2.07. The summed E-state index contributed by atoms with van der Waals surface area (Å²) in [6, 6.07) is 3.21. The maximum Gasteiger partial charge on any atom is 0.251 e. The molecule has 1 heterocycles. The zero-order valence-corrected chi connectivity index (χ0v) is 11.0. The van der Waals surface area contributed by atoms with Gasteiger partial charge < -0.3 is 11.1 Å². The molecule has 1 aromatic heterocycles. The molecule has 0 spiro atoms. The van der Waals surface area contributed by atoms with Crippen molar-refractivity contribution in [2.24, 2.45) is 5.73 Å². The molecule has 7 heteroatoms. The van der Waals surface area contributed by atoms with Gasteiger partial charge in [0.2, 0.25) is 0 Å². The van der Waals surface area contributed by atoms with Crippen LogP contribution in [-0.4, -0.2) is 37.9 Å². The van der Waals surface area contributed by atoms with Crippen LogP contribution in [-0.2, 0) is 16.4 Å². The van der Waals surface area contributed by atoms with Crippen LogP contribution in [0.3, 0.4) is 0 Å². The van der Waals surface area contributed by atoms with Crippen molar-refractivity contribution in [1.29, 1.82) is 0 Å². The Balaban J connectivity index is 2.45. The fourth-order valence-electron chi connectivity index (χ4n) is 1.37. The van der Waals surface area contributed by atoms with Crippen molar-refractivity contribution in [3.63, 3.8) is 0 Å². The summed E-state index contributed by atoms with van der Waals surface area (Å²) < 4.78 is 21.8. The van der Waals surface area contributed by atoms with E-state index >= 15 is 0 Å². The first kappa shape index (κ1) is 14.6. The van der Waals surface area contributed by atoms with Gasteiger partial charge in [-0.3, -0.25) is 9.78 Å². The van der Waals surface area contributed by atoms with Gasteiger partial charge >= 0.3 is 0 Å². The Morgan fingerprint density at radius 3 is 2.83 bits per heavy atom. The van der Waals surface area contributed by atoms with E-state index in [9.17, 15) is 13.2 Å². The van der Waals surface area contributed by atoms with Crippen LogP contribution in [0, 0.1) is 0 Å². The molecule has 3 N–H and O–H groups in total. The van der Waals surface area contributed by atoms with Crippen LogP contribution < -0.4 is 11.1 Å². The van der Waals surface area contributed by atoms with E-state index in [0.29, 0.717) is 24.2 Å². The largest absolute Gasteiger partial charge is 0.352 e. The second kappa shape index (κ2) is 6.46. The van der Waals surface area contributed by atoms with Gasteiger partial charge in [0.25, 0.3) is 5.91 Å². The van der Waals surface area contributed by atoms with E-state index in [1.54, 1.807) is 12.1 Å². The zero-order valence-electron chi connectivity index (χ0n) is 10.2. The van der Waals surface area contributed by atoms with E-state index in [4.69, 9.17) is 5.73 Å². The van der Waals surface area contributed by atoms with Crippen molar-refractivity contribution in [2.45, 2.75) is 13.0 Å². The van der Waals surface area contributed by atoms with Crippen LogP contribution in [0.4, 0.5) is 0 Å². The van der Waals surface area contributed by atoms with Gasteiger partial charge in [-0.1, -0.05) is 0 Å². The number of pyridine rings is 1. The quantitative estimate of drug-likeness (QED) is 0.692. The number of nitrogens with two attached hydrogens (primary N) is 1. The second-order valence-corrected chi connectivity index (χ2v) is 6.24. The lowest BCUT2D eigenvalue weighted by Gasteiger charge is -2.05. The monoisotopic (exact) mass is 271 g/mol. The van der Waals surface area contributed by atoms with Gasteiger partial charge in [-0.05, 0) is 18.6 Å². The zero-order chi connectivity index (χ0) is 13.6. The number of nitrogens with zero attached hydrogens (tertiary/aromatic N) is 1. The molecule has 1 aromatic rings. The molecule has 0 unspecified atom stereocenters. The van der Waals surface area contributed by atoms with Gasteiger partial charge in [0.05, 0.1) is 11.4 Å². The van der Waals surface area contributed by atoms with E-state index in [2.05, 4.69) is 10.3 Å². The molecular formula is C11H17N3O3S. The Labute approximate surface area is 107 Å². The normalized spacial score (nSPS) is 11.2. The first-order valence-electron chi connectivity index (χ1n) is 5.53. The average molecular weight is 271 g/mol. The minimum Gasteiger partial charge on any atom is -0.352 e. The second-order valence-electron chi connectivity index (χ2n) is 3.98. The summed E-state index contributed by atoms with van der Waals surface area (Å²) in [5.74, 6) is -0.182. The van der Waals surface area contributed by atoms with Crippen molar-refractivity contribution in [2.75, 3.05) is 18.6 Å². The van der Waals surface area contributed by atoms with Crippen LogP contribution in [0.25, 0.3) is 0 Å². The van der Waals surface area contributed by atoms with Crippen LogP contribution in [0.1, 0.15) is 22.5 Å². The Morgan fingerprint density at radius 1 is 1.50 bits per heavy atom. The summed E-state index contributed by atoms with van der Waals surface area (Å²) in [6.45, 7) is 0.599. The summed E-state index contributed by atoms with van der Waals surface area (Å²) >= 11 is 0. The van der Waals surface area contributed by atoms with Gasteiger partial charge in [-0.25, -0.2) is 8.42 Å².